The molecule has 112 valence electrons. The summed E-state index contributed by atoms with van der Waals surface area (Å²) in [6.45, 7) is 2.56. The van der Waals surface area contributed by atoms with Crippen molar-refractivity contribution in [3.05, 3.63) is 35.5 Å². The lowest BCUT2D eigenvalue weighted by molar-refractivity contribution is 0.0349. The molecule has 21 heavy (non-hydrogen) atoms. The molecule has 3 atom stereocenters. The van der Waals surface area contributed by atoms with E-state index >= 15 is 0 Å². The first kappa shape index (κ1) is 14.1. The summed E-state index contributed by atoms with van der Waals surface area (Å²) in [5, 5.41) is 13.8. The molecule has 0 bridgehead atoms. The van der Waals surface area contributed by atoms with Gasteiger partial charge in [0.2, 0.25) is 0 Å². The lowest BCUT2D eigenvalue weighted by atomic mass is 10.1. The Balaban J connectivity index is 1.81. The number of aliphatic hydroxyl groups is 1. The average molecular weight is 288 g/mol. The Morgan fingerprint density at radius 2 is 2.24 bits per heavy atom. The summed E-state index contributed by atoms with van der Waals surface area (Å²) < 4.78 is 0. The number of aliphatic hydroxyl groups excluding tert-OH is 1. The zero-order valence-corrected chi connectivity index (χ0v) is 12.1. The van der Waals surface area contributed by atoms with Gasteiger partial charge in [-0.15, -0.1) is 0 Å². The molecule has 1 aliphatic heterocycles. The van der Waals surface area contributed by atoms with Gasteiger partial charge in [0.1, 0.15) is 11.9 Å². The first-order valence-electron chi connectivity index (χ1n) is 7.00. The molecule has 5 N–H and O–H groups in total. The first-order chi connectivity index (χ1) is 9.95. The number of hydrogen-bond donors (Lipinski definition) is 4. The highest BCUT2D eigenvalue weighted by molar-refractivity contribution is 5.98. The fraction of sp³-hybridized carbons (Fsp3) is 0.400. The molecule has 0 spiro atoms. The zero-order chi connectivity index (χ0) is 15.1. The number of aromatic nitrogens is 1. The van der Waals surface area contributed by atoms with Crippen molar-refractivity contribution in [3.63, 3.8) is 0 Å². The third kappa shape index (κ3) is 2.53. The van der Waals surface area contributed by atoms with Gasteiger partial charge in [0.25, 0.3) is 5.91 Å². The second-order valence-corrected chi connectivity index (χ2v) is 5.79. The zero-order valence-electron chi connectivity index (χ0n) is 12.1. The second kappa shape index (κ2) is 5.14. The highest BCUT2D eigenvalue weighted by Gasteiger charge is 2.37. The maximum absolute atomic E-state index is 12.3. The van der Waals surface area contributed by atoms with E-state index in [9.17, 15) is 9.90 Å². The number of nitrogens with two attached hydrogens (primary N) is 1. The molecule has 0 radical (unpaired) electrons. The fourth-order valence-corrected chi connectivity index (χ4v) is 2.83. The van der Waals surface area contributed by atoms with Crippen LogP contribution in [0.3, 0.4) is 0 Å². The number of fused-ring (bicyclic) bond motifs is 1. The van der Waals surface area contributed by atoms with Crippen molar-refractivity contribution in [1.29, 1.82) is 0 Å². The van der Waals surface area contributed by atoms with E-state index in [0.717, 1.165) is 16.5 Å². The van der Waals surface area contributed by atoms with Crippen molar-refractivity contribution in [2.75, 3.05) is 13.6 Å². The molecular formula is C15H20N4O2. The SMILES string of the molecule is Cc1ccc2[nH]c(C(=O)N[C@@H]3C(O)N(C)C[C@H]3N)cc2c1. The first-order valence-corrected chi connectivity index (χ1v) is 7.00. The van der Waals surface area contributed by atoms with Crippen LogP contribution in [0.4, 0.5) is 0 Å². The Morgan fingerprint density at radius 1 is 1.48 bits per heavy atom. The minimum atomic E-state index is -0.754. The lowest BCUT2D eigenvalue weighted by Gasteiger charge is -2.21. The Kier molecular flexibility index (Phi) is 3.44. The number of benzene rings is 1. The van der Waals surface area contributed by atoms with Gasteiger partial charge in [-0.05, 0) is 32.2 Å². The number of rotatable bonds is 2. The van der Waals surface area contributed by atoms with E-state index in [1.54, 1.807) is 11.9 Å². The number of hydrogen-bond acceptors (Lipinski definition) is 4. The van der Waals surface area contributed by atoms with Gasteiger partial charge in [-0.2, -0.15) is 0 Å². The van der Waals surface area contributed by atoms with Gasteiger partial charge in [-0.1, -0.05) is 11.6 Å². The van der Waals surface area contributed by atoms with Gasteiger partial charge in [0.05, 0.1) is 6.04 Å². The number of nitrogens with zero attached hydrogens (tertiary/aromatic N) is 1. The van der Waals surface area contributed by atoms with E-state index < -0.39 is 12.3 Å². The van der Waals surface area contributed by atoms with E-state index in [4.69, 9.17) is 5.73 Å². The van der Waals surface area contributed by atoms with Gasteiger partial charge in [-0.3, -0.25) is 9.69 Å². The quantitative estimate of drug-likeness (QED) is 0.633. The van der Waals surface area contributed by atoms with E-state index in [0.29, 0.717) is 12.2 Å². The normalized spacial score (nSPS) is 26.4. The van der Waals surface area contributed by atoms with Crippen LogP contribution in [0.5, 0.6) is 0 Å². The summed E-state index contributed by atoms with van der Waals surface area (Å²) in [5.74, 6) is -0.251. The molecule has 1 aliphatic rings. The van der Waals surface area contributed by atoms with Crippen LogP contribution in [0.15, 0.2) is 24.3 Å². The molecule has 6 nitrogen and oxygen atoms in total. The maximum Gasteiger partial charge on any atom is 0.268 e. The Bertz CT molecular complexity index is 681. The predicted molar refractivity (Wildman–Crippen MR) is 80.9 cm³/mol. The Hall–Kier alpha value is -1.89. The summed E-state index contributed by atoms with van der Waals surface area (Å²) in [6.07, 6.45) is -0.754. The van der Waals surface area contributed by atoms with Crippen molar-refractivity contribution in [2.24, 2.45) is 5.73 Å². The maximum atomic E-state index is 12.3. The van der Waals surface area contributed by atoms with Gasteiger partial charge < -0.3 is 21.1 Å². The molecular weight excluding hydrogens is 268 g/mol. The van der Waals surface area contributed by atoms with Crippen LogP contribution in [0.25, 0.3) is 10.9 Å². The van der Waals surface area contributed by atoms with E-state index in [1.807, 2.05) is 31.2 Å². The summed E-state index contributed by atoms with van der Waals surface area (Å²) >= 11 is 0. The minimum Gasteiger partial charge on any atom is -0.376 e. The molecule has 1 fully saturated rings. The third-order valence-electron chi connectivity index (χ3n) is 4.05. The van der Waals surface area contributed by atoms with Crippen LogP contribution in [-0.2, 0) is 0 Å². The highest BCUT2D eigenvalue weighted by atomic mass is 16.3. The van der Waals surface area contributed by atoms with Crippen LogP contribution >= 0.6 is 0 Å². The van der Waals surface area contributed by atoms with Crippen molar-refractivity contribution in [2.45, 2.75) is 25.2 Å². The molecule has 1 amide bonds. The van der Waals surface area contributed by atoms with Crippen LogP contribution in [0, 0.1) is 6.92 Å². The molecule has 3 rings (SSSR count). The Labute approximate surface area is 122 Å². The molecule has 6 heteroatoms. The smallest absolute Gasteiger partial charge is 0.268 e. The number of nitrogens with one attached hydrogen (secondary N) is 2. The Morgan fingerprint density at radius 3 is 2.90 bits per heavy atom. The predicted octanol–water partition coefficient (Wildman–Crippen LogP) is 0.166. The van der Waals surface area contributed by atoms with Gasteiger partial charge >= 0.3 is 0 Å². The van der Waals surface area contributed by atoms with E-state index in [1.165, 1.54) is 0 Å². The van der Waals surface area contributed by atoms with E-state index in [2.05, 4.69) is 10.3 Å². The van der Waals surface area contributed by atoms with Crippen molar-refractivity contribution in [3.8, 4) is 0 Å². The number of carbonyl (C=O) groups excluding carboxylic acids is 1. The molecule has 1 aromatic heterocycles. The molecule has 1 unspecified atom stereocenters. The van der Waals surface area contributed by atoms with Gasteiger partial charge in [0.15, 0.2) is 0 Å². The number of likely N-dealkylation sites (N-methyl/N-ethyl adjacent to an activating group) is 1. The molecule has 2 heterocycles. The van der Waals surface area contributed by atoms with Crippen molar-refractivity contribution >= 4 is 16.8 Å². The fourth-order valence-electron chi connectivity index (χ4n) is 2.83. The van der Waals surface area contributed by atoms with Crippen LogP contribution < -0.4 is 11.1 Å². The number of aromatic amines is 1. The topological polar surface area (TPSA) is 94.4 Å². The third-order valence-corrected chi connectivity index (χ3v) is 4.05. The highest BCUT2D eigenvalue weighted by Crippen LogP contribution is 2.18. The standard InChI is InChI=1S/C15H20N4O2/c1-8-3-4-11-9(5-8)6-12(17-11)14(20)18-13-10(16)7-19(2)15(13)21/h3-6,10,13,15,17,21H,7,16H2,1-2H3,(H,18,20)/t10-,13+,15?/m1/s1. The van der Waals surface area contributed by atoms with Gasteiger partial charge in [-0.25, -0.2) is 0 Å². The van der Waals surface area contributed by atoms with Crippen molar-refractivity contribution in [1.82, 2.24) is 15.2 Å². The number of aryl methyl sites for hydroxylation is 1. The molecule has 1 aromatic carbocycles. The van der Waals surface area contributed by atoms with E-state index in [-0.39, 0.29) is 11.9 Å². The molecule has 1 saturated heterocycles. The largest absolute Gasteiger partial charge is 0.376 e. The van der Waals surface area contributed by atoms with Crippen LogP contribution in [0.2, 0.25) is 0 Å². The van der Waals surface area contributed by atoms with Gasteiger partial charge in [0, 0.05) is 23.5 Å². The lowest BCUT2D eigenvalue weighted by Crippen LogP contribution is -2.50. The number of H-pyrrole nitrogens is 1. The van der Waals surface area contributed by atoms with Crippen LogP contribution in [-0.4, -0.2) is 52.8 Å². The molecule has 0 aliphatic carbocycles. The number of carbonyl (C=O) groups is 1. The monoisotopic (exact) mass is 288 g/mol. The summed E-state index contributed by atoms with van der Waals surface area (Å²) in [6, 6.07) is 7.04. The molecule has 0 saturated carbocycles. The average Bonchev–Trinajstić information content (AvgIpc) is 2.95. The summed E-state index contributed by atoms with van der Waals surface area (Å²) in [5.41, 5.74) is 8.49. The van der Waals surface area contributed by atoms with Crippen molar-refractivity contribution < 1.29 is 9.90 Å². The molecule has 2 aromatic rings. The summed E-state index contributed by atoms with van der Waals surface area (Å²) in [7, 11) is 1.78. The summed E-state index contributed by atoms with van der Waals surface area (Å²) in [4.78, 5) is 17.1. The minimum absolute atomic E-state index is 0.251. The second-order valence-electron chi connectivity index (χ2n) is 5.79. The number of likely N-dealkylation sites (tertiary alicyclic amines) is 1. The number of amides is 1. The van der Waals surface area contributed by atoms with Crippen LogP contribution in [0.1, 0.15) is 16.1 Å².